The van der Waals surface area contributed by atoms with Gasteiger partial charge in [-0.1, -0.05) is 142 Å². The van der Waals surface area contributed by atoms with Crippen molar-refractivity contribution in [3.63, 3.8) is 0 Å². The van der Waals surface area contributed by atoms with Gasteiger partial charge < -0.3 is 9.84 Å². The quantitative estimate of drug-likeness (QED) is 0.0749. The van der Waals surface area contributed by atoms with Crippen LogP contribution in [-0.4, -0.2) is 23.1 Å². The average Bonchev–Trinajstić information content (AvgIpc) is 2.87. The van der Waals surface area contributed by atoms with E-state index in [9.17, 15) is 9.59 Å². The molecule has 1 unspecified atom stereocenters. The summed E-state index contributed by atoms with van der Waals surface area (Å²) in [6.45, 7) is 4.49. The first-order valence-corrected chi connectivity index (χ1v) is 16.5. The first kappa shape index (κ1) is 35.9. The third-order valence-electron chi connectivity index (χ3n) is 7.58. The Morgan fingerprint density at radius 3 is 1.24 bits per heavy atom. The first-order chi connectivity index (χ1) is 18.1. The number of aliphatic carboxylic acids is 1. The fourth-order valence-corrected chi connectivity index (χ4v) is 5.13. The number of unbranched alkanes of at least 4 members (excludes halogenated alkanes) is 21. The maximum atomic E-state index is 12.4. The van der Waals surface area contributed by atoms with Crippen LogP contribution in [0.4, 0.5) is 0 Å². The summed E-state index contributed by atoms with van der Waals surface area (Å²) in [5.74, 6) is -0.689. The van der Waals surface area contributed by atoms with Gasteiger partial charge in [0.1, 0.15) is 6.10 Å². The highest BCUT2D eigenvalue weighted by Gasteiger charge is 2.14. The zero-order chi connectivity index (χ0) is 27.2. The third-order valence-corrected chi connectivity index (χ3v) is 7.58. The van der Waals surface area contributed by atoms with Crippen LogP contribution < -0.4 is 0 Å². The average molecular weight is 525 g/mol. The zero-order valence-electron chi connectivity index (χ0n) is 25.0. The van der Waals surface area contributed by atoms with Gasteiger partial charge in [-0.05, 0) is 38.5 Å². The number of hydrogen-bond donors (Lipinski definition) is 1. The first-order valence-electron chi connectivity index (χ1n) is 16.5. The van der Waals surface area contributed by atoms with Crippen molar-refractivity contribution in [1.29, 1.82) is 0 Å². The predicted octanol–water partition coefficient (Wildman–Crippen LogP) is 10.9. The third kappa shape index (κ3) is 29.4. The number of carbonyl (C=O) groups is 2. The molecule has 0 saturated carbocycles. The molecule has 0 fully saturated rings. The van der Waals surface area contributed by atoms with Gasteiger partial charge >= 0.3 is 11.9 Å². The monoisotopic (exact) mass is 524 g/mol. The molecule has 0 aromatic carbocycles. The summed E-state index contributed by atoms with van der Waals surface area (Å²) in [6.07, 6.45) is 32.8. The van der Waals surface area contributed by atoms with Crippen LogP contribution in [0.15, 0.2) is 0 Å². The van der Waals surface area contributed by atoms with Crippen molar-refractivity contribution in [3.8, 4) is 0 Å². The van der Waals surface area contributed by atoms with Crippen molar-refractivity contribution in [2.75, 3.05) is 0 Å². The lowest BCUT2D eigenvalue weighted by molar-refractivity contribution is -0.150. The van der Waals surface area contributed by atoms with Crippen molar-refractivity contribution in [2.45, 2.75) is 200 Å². The van der Waals surface area contributed by atoms with E-state index in [-0.39, 0.29) is 18.5 Å². The van der Waals surface area contributed by atoms with E-state index in [0.717, 1.165) is 70.6 Å². The summed E-state index contributed by atoms with van der Waals surface area (Å²) in [4.78, 5) is 23.0. The number of esters is 1. The van der Waals surface area contributed by atoms with E-state index in [0.29, 0.717) is 6.42 Å². The van der Waals surface area contributed by atoms with Gasteiger partial charge in [0.05, 0.1) is 0 Å². The minimum Gasteiger partial charge on any atom is -0.481 e. The topological polar surface area (TPSA) is 63.6 Å². The van der Waals surface area contributed by atoms with Crippen LogP contribution in [0.5, 0.6) is 0 Å². The molecule has 4 nitrogen and oxygen atoms in total. The highest BCUT2D eigenvalue weighted by molar-refractivity contribution is 5.69. The van der Waals surface area contributed by atoms with E-state index in [1.165, 1.54) is 96.3 Å². The number of carboxylic acids is 1. The Kier molecular flexibility index (Phi) is 28.7. The number of ether oxygens (including phenoxy) is 1. The standard InChI is InChI=1S/C33H64O4/c1-3-5-7-8-9-10-11-12-13-14-15-16-17-22-26-30-33(36)37-31(27-23-6-4-2)28-24-20-18-19-21-25-29-32(34)35/h31H,3-30H2,1-2H3,(H,34,35). The Hall–Kier alpha value is -1.06. The largest absolute Gasteiger partial charge is 0.481 e. The van der Waals surface area contributed by atoms with E-state index in [2.05, 4.69) is 13.8 Å². The molecule has 0 aromatic heterocycles. The van der Waals surface area contributed by atoms with Crippen LogP contribution in [0.3, 0.4) is 0 Å². The van der Waals surface area contributed by atoms with Gasteiger partial charge in [0.2, 0.25) is 0 Å². The summed E-state index contributed by atoms with van der Waals surface area (Å²) in [6, 6.07) is 0. The lowest BCUT2D eigenvalue weighted by Gasteiger charge is -2.18. The summed E-state index contributed by atoms with van der Waals surface area (Å²) in [5, 5.41) is 8.70. The van der Waals surface area contributed by atoms with Crippen molar-refractivity contribution < 1.29 is 19.4 Å². The van der Waals surface area contributed by atoms with E-state index in [1.54, 1.807) is 0 Å². The van der Waals surface area contributed by atoms with Crippen molar-refractivity contribution >= 4 is 11.9 Å². The molecule has 0 amide bonds. The SMILES string of the molecule is CCCCCCCCCCCCCCCCCC(=O)OC(CCCCC)CCCCCCCCC(=O)O. The molecule has 0 aliphatic carbocycles. The van der Waals surface area contributed by atoms with E-state index in [4.69, 9.17) is 9.84 Å². The molecule has 0 aliphatic rings. The molecule has 0 spiro atoms. The molecule has 1 N–H and O–H groups in total. The molecular formula is C33H64O4. The van der Waals surface area contributed by atoms with E-state index < -0.39 is 5.97 Å². The maximum Gasteiger partial charge on any atom is 0.306 e. The molecule has 37 heavy (non-hydrogen) atoms. The molecule has 0 saturated heterocycles. The molecule has 0 radical (unpaired) electrons. The minimum absolute atomic E-state index is 0.00450. The second-order valence-corrected chi connectivity index (χ2v) is 11.4. The summed E-state index contributed by atoms with van der Waals surface area (Å²) in [5.41, 5.74) is 0. The summed E-state index contributed by atoms with van der Waals surface area (Å²) >= 11 is 0. The van der Waals surface area contributed by atoms with Gasteiger partial charge in [-0.3, -0.25) is 9.59 Å². The molecular weight excluding hydrogens is 460 g/mol. The molecule has 0 aromatic rings. The van der Waals surface area contributed by atoms with Crippen LogP contribution in [0.2, 0.25) is 0 Å². The Morgan fingerprint density at radius 1 is 0.486 bits per heavy atom. The van der Waals surface area contributed by atoms with Crippen LogP contribution in [0.1, 0.15) is 194 Å². The van der Waals surface area contributed by atoms with Crippen LogP contribution in [0, 0.1) is 0 Å². The second-order valence-electron chi connectivity index (χ2n) is 11.4. The summed E-state index contributed by atoms with van der Waals surface area (Å²) in [7, 11) is 0. The number of rotatable bonds is 30. The van der Waals surface area contributed by atoms with E-state index >= 15 is 0 Å². The fraction of sp³-hybridized carbons (Fsp3) is 0.939. The highest BCUT2D eigenvalue weighted by atomic mass is 16.5. The van der Waals surface area contributed by atoms with Gasteiger partial charge in [-0.15, -0.1) is 0 Å². The van der Waals surface area contributed by atoms with Gasteiger partial charge in [0.15, 0.2) is 0 Å². The van der Waals surface area contributed by atoms with Crippen molar-refractivity contribution in [1.82, 2.24) is 0 Å². The van der Waals surface area contributed by atoms with Gasteiger partial charge in [-0.25, -0.2) is 0 Å². The summed E-state index contributed by atoms with van der Waals surface area (Å²) < 4.78 is 5.88. The van der Waals surface area contributed by atoms with Crippen molar-refractivity contribution in [3.05, 3.63) is 0 Å². The van der Waals surface area contributed by atoms with Gasteiger partial charge in [-0.2, -0.15) is 0 Å². The van der Waals surface area contributed by atoms with Crippen molar-refractivity contribution in [2.24, 2.45) is 0 Å². The molecule has 0 heterocycles. The zero-order valence-corrected chi connectivity index (χ0v) is 25.0. The predicted molar refractivity (Wildman–Crippen MR) is 158 cm³/mol. The molecule has 220 valence electrons. The molecule has 0 bridgehead atoms. The molecule has 4 heteroatoms. The Labute approximate surface area is 231 Å². The Morgan fingerprint density at radius 2 is 0.811 bits per heavy atom. The van der Waals surface area contributed by atoms with Crippen LogP contribution >= 0.6 is 0 Å². The maximum absolute atomic E-state index is 12.4. The lowest BCUT2D eigenvalue weighted by atomic mass is 10.0. The molecule has 1 atom stereocenters. The Balaban J connectivity index is 3.69. The van der Waals surface area contributed by atoms with Gasteiger partial charge in [0, 0.05) is 12.8 Å². The normalized spacial score (nSPS) is 12.1. The minimum atomic E-state index is -0.693. The molecule has 0 aliphatic heterocycles. The Bertz CT molecular complexity index is 491. The van der Waals surface area contributed by atoms with Crippen LogP contribution in [-0.2, 0) is 14.3 Å². The second kappa shape index (κ2) is 29.5. The number of carbonyl (C=O) groups excluding carboxylic acids is 1. The van der Waals surface area contributed by atoms with Gasteiger partial charge in [0.25, 0.3) is 0 Å². The smallest absolute Gasteiger partial charge is 0.306 e. The number of hydrogen-bond acceptors (Lipinski definition) is 3. The van der Waals surface area contributed by atoms with Crippen LogP contribution in [0.25, 0.3) is 0 Å². The highest BCUT2D eigenvalue weighted by Crippen LogP contribution is 2.18. The lowest BCUT2D eigenvalue weighted by Crippen LogP contribution is -2.18. The van der Waals surface area contributed by atoms with E-state index in [1.807, 2.05) is 0 Å². The number of carboxylic acid groups (broad SMARTS) is 1. The molecule has 0 rings (SSSR count). The fourth-order valence-electron chi connectivity index (χ4n) is 5.13.